The Morgan fingerprint density at radius 1 is 1.12 bits per heavy atom. The minimum absolute atomic E-state index is 0.0183. The second-order valence-corrected chi connectivity index (χ2v) is 7.31. The Bertz CT molecular complexity index is 588. The monoisotopic (exact) mass is 333 g/mol. The molecule has 134 valence electrons. The van der Waals surface area contributed by atoms with Crippen molar-refractivity contribution in [3.8, 4) is 5.75 Å². The lowest BCUT2D eigenvalue weighted by Gasteiger charge is -2.43. The van der Waals surface area contributed by atoms with Gasteiger partial charge in [-0.2, -0.15) is 0 Å². The fourth-order valence-electron chi connectivity index (χ4n) is 4.62. The van der Waals surface area contributed by atoms with Crippen molar-refractivity contribution in [2.75, 3.05) is 27.9 Å². The molecule has 0 spiro atoms. The lowest BCUT2D eigenvalue weighted by molar-refractivity contribution is -0.0947. The number of hydrogen-bond donors (Lipinski definition) is 0. The van der Waals surface area contributed by atoms with Gasteiger partial charge < -0.3 is 14.2 Å². The number of benzene rings is 1. The van der Waals surface area contributed by atoms with Crippen molar-refractivity contribution in [1.82, 2.24) is 4.90 Å². The molecule has 0 amide bonds. The Labute approximate surface area is 146 Å². The first-order chi connectivity index (χ1) is 11.5. The Morgan fingerprint density at radius 2 is 1.92 bits per heavy atom. The van der Waals surface area contributed by atoms with Gasteiger partial charge in [0.05, 0.1) is 18.8 Å². The summed E-state index contributed by atoms with van der Waals surface area (Å²) >= 11 is 0. The number of rotatable bonds is 5. The summed E-state index contributed by atoms with van der Waals surface area (Å²) in [6.45, 7) is 6.41. The second kappa shape index (κ2) is 7.03. The molecule has 0 bridgehead atoms. The van der Waals surface area contributed by atoms with Crippen molar-refractivity contribution in [2.24, 2.45) is 0 Å². The average Bonchev–Trinajstić information content (AvgIpc) is 2.97. The van der Waals surface area contributed by atoms with Crippen molar-refractivity contribution in [3.05, 3.63) is 28.8 Å². The molecular weight excluding hydrogens is 302 g/mol. The number of nitrogens with zero attached hydrogens (tertiary/aromatic N) is 1. The first-order valence-electron chi connectivity index (χ1n) is 8.99. The molecule has 0 radical (unpaired) electrons. The number of hydrogen-bond acceptors (Lipinski definition) is 4. The van der Waals surface area contributed by atoms with Crippen LogP contribution in [0.25, 0.3) is 0 Å². The third kappa shape index (κ3) is 2.96. The first-order valence-corrected chi connectivity index (χ1v) is 8.99. The molecule has 4 heteroatoms. The largest absolute Gasteiger partial charge is 0.496 e. The van der Waals surface area contributed by atoms with E-state index >= 15 is 0 Å². The van der Waals surface area contributed by atoms with Crippen molar-refractivity contribution in [1.29, 1.82) is 0 Å². The van der Waals surface area contributed by atoms with Gasteiger partial charge in [-0.1, -0.05) is 6.07 Å². The highest BCUT2D eigenvalue weighted by atomic mass is 16.5. The summed E-state index contributed by atoms with van der Waals surface area (Å²) in [5.41, 5.74) is 3.98. The molecule has 1 saturated heterocycles. The Morgan fingerprint density at radius 3 is 2.58 bits per heavy atom. The molecule has 0 N–H and O–H groups in total. The van der Waals surface area contributed by atoms with E-state index < -0.39 is 0 Å². The van der Waals surface area contributed by atoms with Gasteiger partial charge in [-0.15, -0.1) is 0 Å². The van der Waals surface area contributed by atoms with Crippen LogP contribution in [0.15, 0.2) is 12.1 Å². The quantitative estimate of drug-likeness (QED) is 0.825. The normalized spacial score (nSPS) is 30.4. The third-order valence-corrected chi connectivity index (χ3v) is 6.43. The highest BCUT2D eigenvalue weighted by Gasteiger charge is 2.51. The van der Waals surface area contributed by atoms with E-state index in [0.29, 0.717) is 12.1 Å². The molecule has 0 unspecified atom stereocenters. The fourth-order valence-corrected chi connectivity index (χ4v) is 4.62. The van der Waals surface area contributed by atoms with Crippen LogP contribution in [0.3, 0.4) is 0 Å². The van der Waals surface area contributed by atoms with Gasteiger partial charge in [-0.05, 0) is 62.3 Å². The molecule has 4 nitrogen and oxygen atoms in total. The van der Waals surface area contributed by atoms with E-state index in [1.807, 2.05) is 14.2 Å². The summed E-state index contributed by atoms with van der Waals surface area (Å²) in [5.74, 6) is 0.973. The van der Waals surface area contributed by atoms with Gasteiger partial charge in [0.1, 0.15) is 5.75 Å². The topological polar surface area (TPSA) is 30.9 Å². The Balaban J connectivity index is 1.81. The maximum absolute atomic E-state index is 6.04. The maximum Gasteiger partial charge on any atom is 0.122 e. The highest BCUT2D eigenvalue weighted by molar-refractivity contribution is 5.43. The van der Waals surface area contributed by atoms with Crippen LogP contribution in [0.4, 0.5) is 0 Å². The predicted octanol–water partition coefficient (Wildman–Crippen LogP) is 3.47. The lowest BCUT2D eigenvalue weighted by atomic mass is 9.79. The molecule has 1 heterocycles. The highest BCUT2D eigenvalue weighted by Crippen LogP contribution is 2.43. The zero-order valence-electron chi connectivity index (χ0n) is 15.7. The van der Waals surface area contributed by atoms with E-state index in [-0.39, 0.29) is 5.60 Å². The molecule has 2 fully saturated rings. The summed E-state index contributed by atoms with van der Waals surface area (Å²) in [5, 5.41) is 0. The number of methoxy groups -OCH3 is 3. The van der Waals surface area contributed by atoms with Crippen molar-refractivity contribution in [3.63, 3.8) is 0 Å². The summed E-state index contributed by atoms with van der Waals surface area (Å²) in [6.07, 6.45) is 4.76. The Kier molecular flexibility index (Phi) is 5.19. The zero-order valence-corrected chi connectivity index (χ0v) is 15.7. The molecular formula is C20H31NO3. The van der Waals surface area contributed by atoms with Gasteiger partial charge in [0, 0.05) is 33.4 Å². The minimum atomic E-state index is 0.0183. The first kappa shape index (κ1) is 17.7. The smallest absolute Gasteiger partial charge is 0.122 e. The Hall–Kier alpha value is -1.10. The van der Waals surface area contributed by atoms with Gasteiger partial charge in [0.25, 0.3) is 0 Å². The number of fused-ring (bicyclic) bond motifs is 1. The molecule has 3 atom stereocenters. The van der Waals surface area contributed by atoms with E-state index in [4.69, 9.17) is 14.2 Å². The van der Waals surface area contributed by atoms with E-state index in [0.717, 1.165) is 44.5 Å². The molecule has 3 rings (SSSR count). The van der Waals surface area contributed by atoms with Crippen LogP contribution in [0, 0.1) is 13.8 Å². The van der Waals surface area contributed by atoms with Crippen LogP contribution in [0.2, 0.25) is 0 Å². The molecule has 2 aliphatic rings. The van der Waals surface area contributed by atoms with E-state index in [9.17, 15) is 0 Å². The van der Waals surface area contributed by atoms with Crippen molar-refractivity contribution in [2.45, 2.75) is 63.8 Å². The molecule has 24 heavy (non-hydrogen) atoms. The molecule has 0 aromatic heterocycles. The van der Waals surface area contributed by atoms with Crippen molar-refractivity contribution >= 4 is 0 Å². The van der Waals surface area contributed by atoms with Crippen LogP contribution in [0.5, 0.6) is 5.75 Å². The molecule has 1 aromatic carbocycles. The number of likely N-dealkylation sites (tertiary alicyclic amines) is 1. The van der Waals surface area contributed by atoms with E-state index in [2.05, 4.69) is 30.9 Å². The zero-order chi connectivity index (χ0) is 17.3. The van der Waals surface area contributed by atoms with Gasteiger partial charge in [0.2, 0.25) is 0 Å². The van der Waals surface area contributed by atoms with Crippen LogP contribution in [0.1, 0.15) is 42.4 Å². The summed E-state index contributed by atoms with van der Waals surface area (Å²) < 4.78 is 17.1. The van der Waals surface area contributed by atoms with Crippen LogP contribution in [-0.4, -0.2) is 50.5 Å². The SMILES string of the molecule is COc1ccc(CN2CC[C@]3(OC)CC[C@H](OC)C[C@H]23)c(C)c1C. The van der Waals surface area contributed by atoms with Gasteiger partial charge >= 0.3 is 0 Å². The molecule has 1 saturated carbocycles. The predicted molar refractivity (Wildman–Crippen MR) is 95.7 cm³/mol. The average molecular weight is 333 g/mol. The lowest BCUT2D eigenvalue weighted by Crippen LogP contribution is -2.51. The van der Waals surface area contributed by atoms with Crippen LogP contribution >= 0.6 is 0 Å². The molecule has 1 aromatic rings. The summed E-state index contributed by atoms with van der Waals surface area (Å²) in [4.78, 5) is 2.60. The third-order valence-electron chi connectivity index (χ3n) is 6.43. The number of ether oxygens (including phenoxy) is 3. The van der Waals surface area contributed by atoms with E-state index in [1.165, 1.54) is 16.7 Å². The van der Waals surface area contributed by atoms with Crippen LogP contribution in [-0.2, 0) is 16.0 Å². The van der Waals surface area contributed by atoms with Gasteiger partial charge in [0.15, 0.2) is 0 Å². The fraction of sp³-hybridized carbons (Fsp3) is 0.700. The molecule has 1 aliphatic heterocycles. The standard InChI is InChI=1S/C20H31NO3/c1-14-15(2)18(23-4)7-6-16(14)13-21-11-10-20(24-5)9-8-17(22-3)12-19(20)21/h6-7,17,19H,8-13H2,1-5H3/t17-,19-,20+/m0/s1. The van der Waals surface area contributed by atoms with Gasteiger partial charge in [-0.3, -0.25) is 4.90 Å². The maximum atomic E-state index is 6.04. The molecule has 1 aliphatic carbocycles. The summed E-state index contributed by atoms with van der Waals surface area (Å²) in [7, 11) is 5.45. The minimum Gasteiger partial charge on any atom is -0.496 e. The van der Waals surface area contributed by atoms with Gasteiger partial charge in [-0.25, -0.2) is 0 Å². The van der Waals surface area contributed by atoms with Crippen LogP contribution < -0.4 is 4.74 Å². The van der Waals surface area contributed by atoms with Crippen molar-refractivity contribution < 1.29 is 14.2 Å². The second-order valence-electron chi connectivity index (χ2n) is 7.31. The van der Waals surface area contributed by atoms with E-state index in [1.54, 1.807) is 7.11 Å². The summed E-state index contributed by atoms with van der Waals surface area (Å²) in [6, 6.07) is 4.75.